The molecule has 2 heterocycles. The van der Waals surface area contributed by atoms with Crippen molar-refractivity contribution in [1.82, 2.24) is 10.3 Å². The Balaban J connectivity index is 2.18. The summed E-state index contributed by atoms with van der Waals surface area (Å²) in [5.41, 5.74) is 1.04. The van der Waals surface area contributed by atoms with E-state index in [0.717, 1.165) is 12.1 Å². The molecule has 1 saturated heterocycles. The summed E-state index contributed by atoms with van der Waals surface area (Å²) >= 11 is 0. The van der Waals surface area contributed by atoms with Gasteiger partial charge < -0.3 is 0 Å². The second-order valence-corrected chi connectivity index (χ2v) is 3.79. The Kier molecular flexibility index (Phi) is 2.47. The molecule has 1 aliphatic heterocycles. The van der Waals surface area contributed by atoms with E-state index in [2.05, 4.69) is 23.3 Å². The van der Waals surface area contributed by atoms with Gasteiger partial charge in [-0.1, -0.05) is 13.0 Å². The maximum Gasteiger partial charge on any atom is 0.0961 e. The van der Waals surface area contributed by atoms with Crippen LogP contribution >= 0.6 is 0 Å². The molecule has 14 heavy (non-hydrogen) atoms. The molecular formula is C11H13N3. The van der Waals surface area contributed by atoms with Crippen LogP contribution in [0.1, 0.15) is 25.1 Å². The highest BCUT2D eigenvalue weighted by atomic mass is 15.0. The second kappa shape index (κ2) is 3.77. The number of hydrogen-bond acceptors (Lipinski definition) is 3. The molecule has 3 nitrogen and oxygen atoms in total. The summed E-state index contributed by atoms with van der Waals surface area (Å²) in [6.45, 7) is 2.16. The molecule has 0 aliphatic carbocycles. The highest BCUT2D eigenvalue weighted by molar-refractivity contribution is 5.14. The molecular weight excluding hydrogens is 174 g/mol. The van der Waals surface area contributed by atoms with E-state index in [0.29, 0.717) is 5.92 Å². The largest absolute Gasteiger partial charge is 0.293 e. The Labute approximate surface area is 83.8 Å². The fraction of sp³-hybridized carbons (Fsp3) is 0.455. The van der Waals surface area contributed by atoms with Crippen molar-refractivity contribution >= 4 is 0 Å². The zero-order chi connectivity index (χ0) is 9.97. The summed E-state index contributed by atoms with van der Waals surface area (Å²) in [6, 6.07) is 8.37. The molecule has 1 aliphatic rings. The standard InChI is InChI=1S/C11H13N3/c1-8-6-9(7-12)14-11(8)10-4-2-3-5-13-10/h2-5,8-9,11,14H,6H2,1H3/t8-,9-,11+/m1/s1. The van der Waals surface area contributed by atoms with Crippen LogP contribution in [0.3, 0.4) is 0 Å². The number of nitrogens with one attached hydrogen (secondary N) is 1. The Morgan fingerprint density at radius 2 is 2.43 bits per heavy atom. The number of nitriles is 1. The fourth-order valence-electron chi connectivity index (χ4n) is 1.98. The van der Waals surface area contributed by atoms with Crippen LogP contribution in [0.2, 0.25) is 0 Å². The van der Waals surface area contributed by atoms with Gasteiger partial charge in [0.15, 0.2) is 0 Å². The predicted molar refractivity (Wildman–Crippen MR) is 53.3 cm³/mol. The minimum Gasteiger partial charge on any atom is -0.293 e. The maximum atomic E-state index is 8.82. The monoisotopic (exact) mass is 187 g/mol. The molecule has 0 saturated carbocycles. The second-order valence-electron chi connectivity index (χ2n) is 3.79. The van der Waals surface area contributed by atoms with Crippen molar-refractivity contribution < 1.29 is 0 Å². The minimum absolute atomic E-state index is 0.0167. The van der Waals surface area contributed by atoms with Crippen LogP contribution in [0.5, 0.6) is 0 Å². The van der Waals surface area contributed by atoms with Gasteiger partial charge in [0.05, 0.1) is 23.8 Å². The van der Waals surface area contributed by atoms with Crippen molar-refractivity contribution in [2.45, 2.75) is 25.4 Å². The summed E-state index contributed by atoms with van der Waals surface area (Å²) < 4.78 is 0. The fourth-order valence-corrected chi connectivity index (χ4v) is 1.98. The first-order chi connectivity index (χ1) is 6.81. The van der Waals surface area contributed by atoms with Gasteiger partial charge in [-0.2, -0.15) is 5.26 Å². The van der Waals surface area contributed by atoms with Gasteiger partial charge in [-0.25, -0.2) is 0 Å². The summed E-state index contributed by atoms with van der Waals surface area (Å²) in [5, 5.41) is 12.1. The lowest BCUT2D eigenvalue weighted by Crippen LogP contribution is -2.23. The maximum absolute atomic E-state index is 8.82. The van der Waals surface area contributed by atoms with Crippen molar-refractivity contribution in [3.8, 4) is 6.07 Å². The number of pyridine rings is 1. The molecule has 1 aromatic heterocycles. The van der Waals surface area contributed by atoms with Gasteiger partial charge in [0.25, 0.3) is 0 Å². The smallest absolute Gasteiger partial charge is 0.0961 e. The molecule has 0 radical (unpaired) electrons. The third-order valence-corrected chi connectivity index (χ3v) is 2.72. The summed E-state index contributed by atoms with van der Waals surface area (Å²) in [4.78, 5) is 4.31. The lowest BCUT2D eigenvalue weighted by molar-refractivity contribution is 0.491. The van der Waals surface area contributed by atoms with Crippen LogP contribution in [-0.4, -0.2) is 11.0 Å². The van der Waals surface area contributed by atoms with Crippen molar-refractivity contribution in [3.05, 3.63) is 30.1 Å². The van der Waals surface area contributed by atoms with Crippen LogP contribution < -0.4 is 5.32 Å². The zero-order valence-electron chi connectivity index (χ0n) is 8.14. The lowest BCUT2D eigenvalue weighted by atomic mass is 9.99. The van der Waals surface area contributed by atoms with E-state index in [1.54, 1.807) is 6.20 Å². The molecule has 0 amide bonds. The Bertz CT molecular complexity index is 341. The van der Waals surface area contributed by atoms with Gasteiger partial charge in [0.1, 0.15) is 0 Å². The van der Waals surface area contributed by atoms with Crippen LogP contribution in [0.15, 0.2) is 24.4 Å². The Morgan fingerprint density at radius 1 is 1.57 bits per heavy atom. The van der Waals surface area contributed by atoms with Gasteiger partial charge in [-0.15, -0.1) is 0 Å². The quantitative estimate of drug-likeness (QED) is 0.727. The molecule has 0 aromatic carbocycles. The van der Waals surface area contributed by atoms with Crippen LogP contribution in [0.4, 0.5) is 0 Å². The Hall–Kier alpha value is -1.40. The average molecular weight is 187 g/mol. The molecule has 2 rings (SSSR count). The molecule has 3 heteroatoms. The average Bonchev–Trinajstić information content (AvgIpc) is 2.61. The van der Waals surface area contributed by atoms with E-state index >= 15 is 0 Å². The lowest BCUT2D eigenvalue weighted by Gasteiger charge is -2.14. The molecule has 72 valence electrons. The first-order valence-electron chi connectivity index (χ1n) is 4.88. The minimum atomic E-state index is -0.0167. The molecule has 0 bridgehead atoms. The number of aromatic nitrogens is 1. The van der Waals surface area contributed by atoms with Crippen LogP contribution in [-0.2, 0) is 0 Å². The number of rotatable bonds is 1. The topological polar surface area (TPSA) is 48.7 Å². The van der Waals surface area contributed by atoms with Gasteiger partial charge in [0, 0.05) is 6.20 Å². The van der Waals surface area contributed by atoms with Gasteiger partial charge in [-0.05, 0) is 24.5 Å². The molecule has 1 N–H and O–H groups in total. The normalized spacial score (nSPS) is 31.3. The van der Waals surface area contributed by atoms with Crippen LogP contribution in [0.25, 0.3) is 0 Å². The summed E-state index contributed by atoms with van der Waals surface area (Å²) in [6.07, 6.45) is 2.71. The Morgan fingerprint density at radius 3 is 3.00 bits per heavy atom. The first-order valence-corrected chi connectivity index (χ1v) is 4.88. The molecule has 1 fully saturated rings. The highest BCUT2D eigenvalue weighted by Crippen LogP contribution is 2.30. The van der Waals surface area contributed by atoms with E-state index in [1.165, 1.54) is 0 Å². The van der Waals surface area contributed by atoms with E-state index < -0.39 is 0 Å². The molecule has 1 aromatic rings. The number of nitrogens with zero attached hydrogens (tertiary/aromatic N) is 2. The SMILES string of the molecule is C[C@@H]1C[C@H](C#N)N[C@@H]1c1ccccn1. The third-order valence-electron chi connectivity index (χ3n) is 2.72. The molecule has 3 atom stereocenters. The summed E-state index contributed by atoms with van der Waals surface area (Å²) in [7, 11) is 0. The third kappa shape index (κ3) is 1.61. The number of hydrogen-bond donors (Lipinski definition) is 1. The van der Waals surface area contributed by atoms with E-state index in [9.17, 15) is 0 Å². The molecule has 0 unspecified atom stereocenters. The molecule has 0 spiro atoms. The van der Waals surface area contributed by atoms with Crippen molar-refractivity contribution in [2.75, 3.05) is 0 Å². The van der Waals surface area contributed by atoms with E-state index in [4.69, 9.17) is 5.26 Å². The predicted octanol–water partition coefficient (Wildman–Crippen LogP) is 1.64. The van der Waals surface area contributed by atoms with Crippen LogP contribution in [0, 0.1) is 17.2 Å². The van der Waals surface area contributed by atoms with Crippen molar-refractivity contribution in [3.63, 3.8) is 0 Å². The van der Waals surface area contributed by atoms with E-state index in [1.807, 2.05) is 18.2 Å². The highest BCUT2D eigenvalue weighted by Gasteiger charge is 2.31. The van der Waals surface area contributed by atoms with Crippen molar-refractivity contribution in [2.24, 2.45) is 5.92 Å². The first kappa shape index (κ1) is 9.17. The zero-order valence-corrected chi connectivity index (χ0v) is 8.14. The van der Waals surface area contributed by atoms with Crippen molar-refractivity contribution in [1.29, 1.82) is 5.26 Å². The summed E-state index contributed by atoms with van der Waals surface area (Å²) in [5.74, 6) is 0.481. The van der Waals surface area contributed by atoms with E-state index in [-0.39, 0.29) is 12.1 Å². The van der Waals surface area contributed by atoms with Gasteiger partial charge in [0.2, 0.25) is 0 Å². The van der Waals surface area contributed by atoms with Gasteiger partial charge >= 0.3 is 0 Å². The van der Waals surface area contributed by atoms with Gasteiger partial charge in [-0.3, -0.25) is 10.3 Å².